The van der Waals surface area contributed by atoms with Crippen molar-refractivity contribution in [3.05, 3.63) is 59.7 Å². The van der Waals surface area contributed by atoms with Gasteiger partial charge in [-0.25, -0.2) is 0 Å². The highest BCUT2D eigenvalue weighted by atomic mass is 16.5. The first-order valence-electron chi connectivity index (χ1n) is 11.4. The van der Waals surface area contributed by atoms with E-state index in [0.717, 1.165) is 25.0 Å². The summed E-state index contributed by atoms with van der Waals surface area (Å²) in [6.45, 7) is 3.04. The van der Waals surface area contributed by atoms with Gasteiger partial charge >= 0.3 is 0 Å². The van der Waals surface area contributed by atoms with E-state index in [1.165, 1.54) is 5.56 Å². The van der Waals surface area contributed by atoms with E-state index in [4.69, 9.17) is 18.9 Å². The van der Waals surface area contributed by atoms with Crippen LogP contribution in [0.5, 0.6) is 11.5 Å². The summed E-state index contributed by atoms with van der Waals surface area (Å²) < 4.78 is 22.4. The van der Waals surface area contributed by atoms with Gasteiger partial charge in [0.05, 0.1) is 26.2 Å². The van der Waals surface area contributed by atoms with Crippen molar-refractivity contribution in [2.45, 2.75) is 36.5 Å². The third-order valence-corrected chi connectivity index (χ3v) is 7.01. The topological polar surface area (TPSA) is 66.0 Å². The van der Waals surface area contributed by atoms with E-state index in [1.54, 1.807) is 14.2 Å². The van der Waals surface area contributed by atoms with Gasteiger partial charge in [0.2, 0.25) is 5.91 Å². The van der Waals surface area contributed by atoms with Gasteiger partial charge < -0.3 is 24.3 Å². The second-order valence-corrected chi connectivity index (χ2v) is 8.75. The van der Waals surface area contributed by atoms with Gasteiger partial charge in [-0.05, 0) is 48.9 Å². The summed E-state index contributed by atoms with van der Waals surface area (Å²) >= 11 is 0. The van der Waals surface area contributed by atoms with Crippen molar-refractivity contribution in [3.8, 4) is 11.5 Å². The molecule has 0 bridgehead atoms. The van der Waals surface area contributed by atoms with Gasteiger partial charge in [0.1, 0.15) is 0 Å². The van der Waals surface area contributed by atoms with E-state index in [-0.39, 0.29) is 11.3 Å². The molecule has 0 saturated carbocycles. The lowest BCUT2D eigenvalue weighted by Gasteiger charge is -2.40. The van der Waals surface area contributed by atoms with Crippen LogP contribution in [-0.4, -0.2) is 53.1 Å². The van der Waals surface area contributed by atoms with Crippen molar-refractivity contribution in [2.24, 2.45) is 0 Å². The molecule has 2 saturated heterocycles. The zero-order chi connectivity index (χ0) is 22.4. The molecule has 0 spiro atoms. The fraction of sp³-hybridized carbons (Fsp3) is 0.500. The second-order valence-electron chi connectivity index (χ2n) is 8.75. The molecule has 2 aliphatic rings. The van der Waals surface area contributed by atoms with Gasteiger partial charge in [0.15, 0.2) is 11.5 Å². The Hall–Kier alpha value is -2.57. The van der Waals surface area contributed by atoms with Crippen LogP contribution in [0.25, 0.3) is 0 Å². The Kier molecular flexibility index (Phi) is 7.01. The fourth-order valence-corrected chi connectivity index (χ4v) is 5.03. The molecule has 1 amide bonds. The molecule has 0 aromatic heterocycles. The lowest BCUT2D eigenvalue weighted by atomic mass is 9.72. The maximum atomic E-state index is 13.8. The Bertz CT molecular complexity index is 902. The molecule has 2 heterocycles. The molecule has 2 aromatic rings. The SMILES string of the molecule is COc1ccc(C2(C(=O)NCC3(c4ccccc4)CCCOC3)CCOCC2)cc1OC. The average Bonchev–Trinajstić information content (AvgIpc) is 2.88. The maximum Gasteiger partial charge on any atom is 0.230 e. The molecule has 0 radical (unpaired) electrons. The second kappa shape index (κ2) is 9.92. The van der Waals surface area contributed by atoms with Crippen LogP contribution in [-0.2, 0) is 25.1 Å². The van der Waals surface area contributed by atoms with Gasteiger partial charge in [-0.3, -0.25) is 4.79 Å². The number of hydrogen-bond acceptors (Lipinski definition) is 5. The Labute approximate surface area is 190 Å². The summed E-state index contributed by atoms with van der Waals surface area (Å²) in [6, 6.07) is 16.2. The van der Waals surface area contributed by atoms with Gasteiger partial charge in [0.25, 0.3) is 0 Å². The number of amides is 1. The molecule has 4 rings (SSSR count). The average molecular weight is 440 g/mol. The number of rotatable bonds is 7. The van der Waals surface area contributed by atoms with E-state index >= 15 is 0 Å². The van der Waals surface area contributed by atoms with Crippen molar-refractivity contribution in [3.63, 3.8) is 0 Å². The molecule has 1 N–H and O–H groups in total. The van der Waals surface area contributed by atoms with Gasteiger partial charge in [-0.2, -0.15) is 0 Å². The highest BCUT2D eigenvalue weighted by Crippen LogP contribution is 2.40. The summed E-state index contributed by atoms with van der Waals surface area (Å²) in [4.78, 5) is 13.8. The summed E-state index contributed by atoms with van der Waals surface area (Å²) in [5, 5.41) is 3.32. The molecule has 172 valence electrons. The molecule has 32 heavy (non-hydrogen) atoms. The minimum absolute atomic E-state index is 0.0360. The number of nitrogens with one attached hydrogen (secondary N) is 1. The van der Waals surface area contributed by atoms with E-state index in [1.807, 2.05) is 24.3 Å². The van der Waals surface area contributed by atoms with Crippen LogP contribution in [0.4, 0.5) is 0 Å². The number of methoxy groups -OCH3 is 2. The van der Waals surface area contributed by atoms with Crippen molar-refractivity contribution >= 4 is 5.91 Å². The third kappa shape index (κ3) is 4.34. The van der Waals surface area contributed by atoms with E-state index in [0.29, 0.717) is 50.7 Å². The van der Waals surface area contributed by atoms with Crippen LogP contribution in [0.2, 0.25) is 0 Å². The van der Waals surface area contributed by atoms with Crippen molar-refractivity contribution < 1.29 is 23.7 Å². The standard InChI is InChI=1S/C26H33NO5/c1-29-22-10-9-21(17-23(22)30-2)26(12-15-31-16-13-26)24(28)27-18-25(11-6-14-32-19-25)20-7-4-3-5-8-20/h3-5,7-10,17H,6,11-16,18-19H2,1-2H3,(H,27,28). The molecule has 6 heteroatoms. The Balaban J connectivity index is 1.61. The van der Waals surface area contributed by atoms with Crippen LogP contribution in [0.3, 0.4) is 0 Å². The van der Waals surface area contributed by atoms with Gasteiger partial charge in [0, 0.05) is 31.8 Å². The van der Waals surface area contributed by atoms with Crippen LogP contribution >= 0.6 is 0 Å². The quantitative estimate of drug-likeness (QED) is 0.714. The Morgan fingerprint density at radius 2 is 1.66 bits per heavy atom. The molecule has 6 nitrogen and oxygen atoms in total. The van der Waals surface area contributed by atoms with Crippen LogP contribution in [0.15, 0.2) is 48.5 Å². The molecular weight excluding hydrogens is 406 g/mol. The normalized spacial score (nSPS) is 22.7. The minimum Gasteiger partial charge on any atom is -0.493 e. The highest BCUT2D eigenvalue weighted by Gasteiger charge is 2.44. The van der Waals surface area contributed by atoms with Gasteiger partial charge in [-0.1, -0.05) is 36.4 Å². The molecular formula is C26H33NO5. The first-order valence-corrected chi connectivity index (χ1v) is 11.4. The first kappa shape index (κ1) is 22.6. The summed E-state index contributed by atoms with van der Waals surface area (Å²) in [5.74, 6) is 1.32. The molecule has 0 aliphatic carbocycles. The zero-order valence-corrected chi connectivity index (χ0v) is 19.0. The predicted molar refractivity (Wildman–Crippen MR) is 122 cm³/mol. The molecule has 1 unspecified atom stereocenters. The van der Waals surface area contributed by atoms with E-state index in [9.17, 15) is 4.79 Å². The Morgan fingerprint density at radius 3 is 2.31 bits per heavy atom. The van der Waals surface area contributed by atoms with E-state index in [2.05, 4.69) is 29.6 Å². The highest BCUT2D eigenvalue weighted by molar-refractivity contribution is 5.88. The number of ether oxygens (including phenoxy) is 4. The van der Waals surface area contributed by atoms with Crippen LogP contribution in [0.1, 0.15) is 36.8 Å². The molecule has 2 aromatic carbocycles. The smallest absolute Gasteiger partial charge is 0.230 e. The third-order valence-electron chi connectivity index (χ3n) is 7.01. The largest absolute Gasteiger partial charge is 0.493 e. The number of carbonyl (C=O) groups excluding carboxylic acids is 1. The number of carbonyl (C=O) groups is 1. The lowest BCUT2D eigenvalue weighted by molar-refractivity contribution is -0.131. The summed E-state index contributed by atoms with van der Waals surface area (Å²) in [6.07, 6.45) is 3.23. The van der Waals surface area contributed by atoms with Crippen molar-refractivity contribution in [1.29, 1.82) is 0 Å². The van der Waals surface area contributed by atoms with Crippen molar-refractivity contribution in [2.75, 3.05) is 47.2 Å². The monoisotopic (exact) mass is 439 g/mol. The first-order chi connectivity index (χ1) is 15.6. The Morgan fingerprint density at radius 1 is 0.906 bits per heavy atom. The van der Waals surface area contributed by atoms with Crippen LogP contribution < -0.4 is 14.8 Å². The molecule has 2 aliphatic heterocycles. The van der Waals surface area contributed by atoms with Gasteiger partial charge in [-0.15, -0.1) is 0 Å². The predicted octanol–water partition coefficient (Wildman–Crippen LogP) is 3.62. The summed E-state index contributed by atoms with van der Waals surface area (Å²) in [7, 11) is 3.23. The zero-order valence-electron chi connectivity index (χ0n) is 19.0. The molecule has 2 fully saturated rings. The molecule has 1 atom stereocenters. The fourth-order valence-electron chi connectivity index (χ4n) is 5.03. The van der Waals surface area contributed by atoms with Crippen LogP contribution in [0, 0.1) is 0 Å². The number of hydrogen-bond donors (Lipinski definition) is 1. The minimum atomic E-state index is -0.662. The van der Waals surface area contributed by atoms with Crippen molar-refractivity contribution in [1.82, 2.24) is 5.32 Å². The maximum absolute atomic E-state index is 13.8. The van der Waals surface area contributed by atoms with E-state index < -0.39 is 5.41 Å². The lowest BCUT2D eigenvalue weighted by Crippen LogP contribution is -2.53. The summed E-state index contributed by atoms with van der Waals surface area (Å²) in [5.41, 5.74) is 1.28. The number of benzene rings is 2.